The van der Waals surface area contributed by atoms with Crippen LogP contribution < -0.4 is 0 Å². The Bertz CT molecular complexity index is 1110. The van der Waals surface area contributed by atoms with Gasteiger partial charge in [0.25, 0.3) is 0 Å². The van der Waals surface area contributed by atoms with Gasteiger partial charge in [-0.15, -0.1) is 0 Å². The molecule has 0 atom stereocenters. The highest BCUT2D eigenvalue weighted by atomic mass is 32.2. The van der Waals surface area contributed by atoms with Gasteiger partial charge < -0.3 is 5.11 Å². The van der Waals surface area contributed by atoms with Gasteiger partial charge in [0.15, 0.2) is 9.84 Å². The fourth-order valence-electron chi connectivity index (χ4n) is 2.62. The van der Waals surface area contributed by atoms with Gasteiger partial charge in [-0.1, -0.05) is 36.3 Å². The molecule has 0 radical (unpaired) electrons. The molecule has 1 heterocycles. The van der Waals surface area contributed by atoms with E-state index < -0.39 is 9.84 Å². The maximum absolute atomic E-state index is 12.0. The predicted molar refractivity (Wildman–Crippen MR) is 106 cm³/mol. The lowest BCUT2D eigenvalue weighted by Crippen LogP contribution is -2.09. The van der Waals surface area contributed by atoms with Gasteiger partial charge in [-0.05, 0) is 59.9 Å². The van der Waals surface area contributed by atoms with Crippen LogP contribution in [0.5, 0.6) is 0 Å². The molecule has 0 amide bonds. The summed E-state index contributed by atoms with van der Waals surface area (Å²) in [7, 11) is -3.44. The van der Waals surface area contributed by atoms with Crippen molar-refractivity contribution in [3.05, 3.63) is 83.7 Å². The van der Waals surface area contributed by atoms with Crippen LogP contribution in [0.4, 0.5) is 0 Å². The van der Waals surface area contributed by atoms with Gasteiger partial charge in [-0.25, -0.2) is 13.4 Å². The number of sulfone groups is 1. The van der Waals surface area contributed by atoms with Gasteiger partial charge in [-0.2, -0.15) is 0 Å². The number of hydrogen-bond donors (Lipinski definition) is 1. The molecule has 4 nitrogen and oxygen atoms in total. The van der Waals surface area contributed by atoms with Crippen LogP contribution in [-0.4, -0.2) is 30.9 Å². The summed E-state index contributed by atoms with van der Waals surface area (Å²) in [6.45, 7) is 1.58. The van der Waals surface area contributed by atoms with Crippen LogP contribution in [0.1, 0.15) is 16.8 Å². The Morgan fingerprint density at radius 2 is 1.74 bits per heavy atom. The van der Waals surface area contributed by atoms with Crippen LogP contribution in [0.2, 0.25) is 0 Å². The number of nitrogens with zero attached hydrogens (tertiary/aromatic N) is 1. The number of aliphatic hydroxyl groups is 1. The third kappa shape index (κ3) is 4.62. The van der Waals surface area contributed by atoms with Crippen molar-refractivity contribution in [2.45, 2.75) is 11.8 Å². The molecular formula is C22H19NO3S. The number of aromatic nitrogens is 1. The van der Waals surface area contributed by atoms with Crippen molar-refractivity contribution >= 4 is 9.84 Å². The predicted octanol–water partition coefficient (Wildman–Crippen LogP) is 3.22. The Hall–Kier alpha value is -2.94. The maximum Gasteiger partial charge on any atom is 0.180 e. The zero-order valence-electron chi connectivity index (χ0n) is 14.9. The number of aryl methyl sites for hydroxylation is 1. The topological polar surface area (TPSA) is 67.3 Å². The lowest BCUT2D eigenvalue weighted by atomic mass is 10.0. The SMILES string of the molecule is Cc1cccnc1C#Cc1cccc(-c2ccc(S(=O)(=O)CCO)cc2)c1. The van der Waals surface area contributed by atoms with Crippen molar-refractivity contribution in [2.24, 2.45) is 0 Å². The van der Waals surface area contributed by atoms with Crippen molar-refractivity contribution in [3.63, 3.8) is 0 Å². The first-order valence-electron chi connectivity index (χ1n) is 8.47. The molecule has 0 unspecified atom stereocenters. The Morgan fingerprint density at radius 3 is 2.44 bits per heavy atom. The quantitative estimate of drug-likeness (QED) is 0.709. The molecule has 0 aliphatic heterocycles. The van der Waals surface area contributed by atoms with Crippen molar-refractivity contribution in [2.75, 3.05) is 12.4 Å². The summed E-state index contributed by atoms with van der Waals surface area (Å²) in [6.07, 6.45) is 1.72. The Kier molecular flexibility index (Phi) is 5.70. The maximum atomic E-state index is 12.0. The van der Waals surface area contributed by atoms with E-state index in [2.05, 4.69) is 16.8 Å². The van der Waals surface area contributed by atoms with Crippen LogP contribution in [0.3, 0.4) is 0 Å². The standard InChI is InChI=1S/C22H19NO3S/c1-17-4-3-13-23-22(17)12-7-18-5-2-6-20(16-18)19-8-10-21(11-9-19)27(25,26)15-14-24/h2-6,8-11,13,16,24H,14-15H2,1H3. The molecule has 0 saturated heterocycles. The summed E-state index contributed by atoms with van der Waals surface area (Å²) in [5, 5.41) is 8.88. The Labute approximate surface area is 159 Å². The van der Waals surface area contributed by atoms with Crippen LogP contribution in [-0.2, 0) is 9.84 Å². The van der Waals surface area contributed by atoms with Crippen LogP contribution >= 0.6 is 0 Å². The zero-order chi connectivity index (χ0) is 19.3. The van der Waals surface area contributed by atoms with Gasteiger partial charge in [0.2, 0.25) is 0 Å². The van der Waals surface area contributed by atoms with Gasteiger partial charge in [0, 0.05) is 11.8 Å². The average Bonchev–Trinajstić information content (AvgIpc) is 2.68. The van der Waals surface area contributed by atoms with E-state index >= 15 is 0 Å². The van der Waals surface area contributed by atoms with E-state index in [0.29, 0.717) is 0 Å². The minimum Gasteiger partial charge on any atom is -0.395 e. The lowest BCUT2D eigenvalue weighted by molar-refractivity contribution is 0.319. The summed E-state index contributed by atoms with van der Waals surface area (Å²) in [6, 6.07) is 18.3. The van der Waals surface area contributed by atoms with Gasteiger partial charge >= 0.3 is 0 Å². The highest BCUT2D eigenvalue weighted by Gasteiger charge is 2.13. The second-order valence-electron chi connectivity index (χ2n) is 6.07. The van der Waals surface area contributed by atoms with Crippen molar-refractivity contribution in [1.29, 1.82) is 0 Å². The molecule has 3 aromatic rings. The van der Waals surface area contributed by atoms with E-state index in [0.717, 1.165) is 27.9 Å². The van der Waals surface area contributed by atoms with Crippen molar-refractivity contribution < 1.29 is 13.5 Å². The minimum atomic E-state index is -3.44. The number of pyridine rings is 1. The fourth-order valence-corrected chi connectivity index (χ4v) is 3.64. The number of benzene rings is 2. The molecular weight excluding hydrogens is 358 g/mol. The number of hydrogen-bond acceptors (Lipinski definition) is 4. The third-order valence-corrected chi connectivity index (χ3v) is 5.81. The number of aliphatic hydroxyl groups excluding tert-OH is 1. The fraction of sp³-hybridized carbons (Fsp3) is 0.136. The molecule has 27 heavy (non-hydrogen) atoms. The van der Waals surface area contributed by atoms with Crippen LogP contribution in [0, 0.1) is 18.8 Å². The summed E-state index contributed by atoms with van der Waals surface area (Å²) in [5.41, 5.74) is 4.48. The first-order chi connectivity index (χ1) is 13.0. The average molecular weight is 377 g/mol. The minimum absolute atomic E-state index is 0.210. The summed E-state index contributed by atoms with van der Waals surface area (Å²) in [5.74, 6) is 5.94. The second-order valence-corrected chi connectivity index (χ2v) is 8.18. The molecule has 2 aromatic carbocycles. The Balaban J connectivity index is 1.87. The summed E-state index contributed by atoms with van der Waals surface area (Å²) < 4.78 is 24.0. The molecule has 136 valence electrons. The van der Waals surface area contributed by atoms with Gasteiger partial charge in [0.1, 0.15) is 5.69 Å². The van der Waals surface area contributed by atoms with E-state index in [1.807, 2.05) is 43.3 Å². The lowest BCUT2D eigenvalue weighted by Gasteiger charge is -2.06. The van der Waals surface area contributed by atoms with E-state index in [1.54, 1.807) is 30.5 Å². The molecule has 0 aliphatic carbocycles. The molecule has 0 aliphatic rings. The van der Waals surface area contributed by atoms with E-state index in [1.165, 1.54) is 0 Å². The molecule has 0 fully saturated rings. The molecule has 1 aromatic heterocycles. The van der Waals surface area contributed by atoms with Crippen LogP contribution in [0.15, 0.2) is 71.8 Å². The first kappa shape index (κ1) is 18.8. The molecule has 3 rings (SSSR count). The Morgan fingerprint density at radius 1 is 0.963 bits per heavy atom. The second kappa shape index (κ2) is 8.17. The molecule has 0 spiro atoms. The summed E-state index contributed by atoms with van der Waals surface area (Å²) in [4.78, 5) is 4.48. The van der Waals surface area contributed by atoms with Gasteiger partial charge in [0.05, 0.1) is 17.3 Å². The van der Waals surface area contributed by atoms with Crippen molar-refractivity contribution in [1.82, 2.24) is 4.98 Å². The van der Waals surface area contributed by atoms with E-state index in [4.69, 9.17) is 5.11 Å². The highest BCUT2D eigenvalue weighted by molar-refractivity contribution is 7.91. The van der Waals surface area contributed by atoms with E-state index in [9.17, 15) is 8.42 Å². The molecule has 0 saturated carbocycles. The largest absolute Gasteiger partial charge is 0.395 e. The molecule has 5 heteroatoms. The smallest absolute Gasteiger partial charge is 0.180 e. The van der Waals surface area contributed by atoms with Crippen molar-refractivity contribution in [3.8, 4) is 23.0 Å². The zero-order valence-corrected chi connectivity index (χ0v) is 15.7. The van der Waals surface area contributed by atoms with Gasteiger partial charge in [-0.3, -0.25) is 0 Å². The number of rotatable bonds is 4. The van der Waals surface area contributed by atoms with E-state index in [-0.39, 0.29) is 17.3 Å². The monoisotopic (exact) mass is 377 g/mol. The molecule has 0 bridgehead atoms. The summed E-state index contributed by atoms with van der Waals surface area (Å²) >= 11 is 0. The highest BCUT2D eigenvalue weighted by Crippen LogP contribution is 2.22. The van der Waals surface area contributed by atoms with Crippen LogP contribution in [0.25, 0.3) is 11.1 Å². The normalized spacial score (nSPS) is 10.9. The first-order valence-corrected chi connectivity index (χ1v) is 10.1. The molecule has 1 N–H and O–H groups in total. The third-order valence-electron chi connectivity index (χ3n) is 4.10.